The summed E-state index contributed by atoms with van der Waals surface area (Å²) >= 11 is 1.48. The average Bonchev–Trinajstić information content (AvgIpc) is 3.28. The summed E-state index contributed by atoms with van der Waals surface area (Å²) in [5.41, 5.74) is 1.36. The van der Waals surface area contributed by atoms with Gasteiger partial charge in [0.05, 0.1) is 11.4 Å². The van der Waals surface area contributed by atoms with Gasteiger partial charge in [-0.05, 0) is 18.9 Å². The Morgan fingerprint density at radius 1 is 1.10 bits per heavy atom. The predicted molar refractivity (Wildman–Crippen MR) is 116 cm³/mol. The van der Waals surface area contributed by atoms with Crippen molar-refractivity contribution in [1.82, 2.24) is 19.1 Å². The Morgan fingerprint density at radius 2 is 1.87 bits per heavy atom. The molecule has 0 N–H and O–H groups in total. The number of amides is 1. The molecule has 0 aromatic carbocycles. The number of fused-ring (bicyclic) bond motifs is 2. The molecule has 0 atom stereocenters. The van der Waals surface area contributed by atoms with Crippen LogP contribution in [0.5, 0.6) is 5.75 Å². The van der Waals surface area contributed by atoms with Crippen LogP contribution in [-0.4, -0.2) is 51.2 Å². The molecule has 0 aliphatic carbocycles. The Bertz CT molecular complexity index is 1140. The first kappa shape index (κ1) is 19.2. The molecule has 1 fully saturated rings. The van der Waals surface area contributed by atoms with E-state index in [-0.39, 0.29) is 11.6 Å². The van der Waals surface area contributed by atoms with Crippen molar-refractivity contribution < 1.29 is 9.53 Å². The number of hydrogen-bond acceptors (Lipinski definition) is 6. The third-order valence-corrected chi connectivity index (χ3v) is 6.94. The molecule has 5 heterocycles. The van der Waals surface area contributed by atoms with Crippen molar-refractivity contribution in [2.24, 2.45) is 7.05 Å². The zero-order valence-electron chi connectivity index (χ0n) is 17.0. The molecular formula is C21H25N5O3S. The molecule has 2 aliphatic rings. The molecule has 158 valence electrons. The summed E-state index contributed by atoms with van der Waals surface area (Å²) in [7, 11) is 1.64. The third-order valence-electron chi connectivity index (χ3n) is 5.82. The molecular weight excluding hydrogens is 402 g/mol. The lowest BCUT2D eigenvalue weighted by molar-refractivity contribution is 0.0747. The SMILES string of the molecule is Cn1nc2cc(N3CCOc4cc(C(=O)N5CCCCCCC5)sc43)ccn2c1=O. The molecule has 30 heavy (non-hydrogen) atoms. The zero-order valence-corrected chi connectivity index (χ0v) is 17.9. The van der Waals surface area contributed by atoms with Crippen molar-refractivity contribution >= 4 is 33.6 Å². The number of carbonyl (C=O) groups excluding carboxylic acids is 1. The molecule has 0 saturated carbocycles. The summed E-state index contributed by atoms with van der Waals surface area (Å²) in [5, 5.41) is 5.22. The van der Waals surface area contributed by atoms with Crippen LogP contribution >= 0.6 is 11.3 Å². The van der Waals surface area contributed by atoms with Crippen molar-refractivity contribution in [2.45, 2.75) is 32.1 Å². The lowest BCUT2D eigenvalue weighted by atomic mass is 10.1. The fourth-order valence-corrected chi connectivity index (χ4v) is 5.32. The standard InChI is InChI=1S/C21H25N5O3S/c1-23-21(28)26-10-7-15(13-18(26)22-23)25-11-12-29-16-14-17(30-20(16)25)19(27)24-8-5-3-2-4-6-9-24/h7,10,13-14H,2-6,8-9,11-12H2,1H3. The number of rotatable bonds is 2. The van der Waals surface area contributed by atoms with Crippen molar-refractivity contribution in [1.29, 1.82) is 0 Å². The van der Waals surface area contributed by atoms with Crippen LogP contribution in [0.4, 0.5) is 10.7 Å². The summed E-state index contributed by atoms with van der Waals surface area (Å²) < 4.78 is 8.72. The first-order valence-corrected chi connectivity index (χ1v) is 11.3. The van der Waals surface area contributed by atoms with E-state index in [0.717, 1.165) is 47.2 Å². The summed E-state index contributed by atoms with van der Waals surface area (Å²) in [4.78, 5) is 30.1. The molecule has 3 aromatic heterocycles. The molecule has 1 saturated heterocycles. The molecule has 5 rings (SSSR count). The van der Waals surface area contributed by atoms with Gasteiger partial charge >= 0.3 is 5.69 Å². The highest BCUT2D eigenvalue weighted by Gasteiger charge is 2.27. The van der Waals surface area contributed by atoms with Gasteiger partial charge in [-0.1, -0.05) is 19.3 Å². The van der Waals surface area contributed by atoms with Gasteiger partial charge in [0.2, 0.25) is 0 Å². The number of likely N-dealkylation sites (tertiary alicyclic amines) is 1. The smallest absolute Gasteiger partial charge is 0.350 e. The van der Waals surface area contributed by atoms with Crippen molar-refractivity contribution in [2.75, 3.05) is 31.1 Å². The molecule has 0 spiro atoms. The second-order valence-corrected chi connectivity index (χ2v) is 8.89. The number of carbonyl (C=O) groups is 1. The van der Waals surface area contributed by atoms with E-state index in [1.54, 1.807) is 13.2 Å². The maximum absolute atomic E-state index is 13.2. The van der Waals surface area contributed by atoms with E-state index in [1.165, 1.54) is 39.7 Å². The Hall–Kier alpha value is -2.81. The Morgan fingerprint density at radius 3 is 2.67 bits per heavy atom. The van der Waals surface area contributed by atoms with Crippen molar-refractivity contribution in [3.63, 3.8) is 0 Å². The van der Waals surface area contributed by atoms with Gasteiger partial charge < -0.3 is 14.5 Å². The summed E-state index contributed by atoms with van der Waals surface area (Å²) in [6.45, 7) is 2.88. The van der Waals surface area contributed by atoms with Crippen LogP contribution in [-0.2, 0) is 7.05 Å². The quantitative estimate of drug-likeness (QED) is 0.629. The van der Waals surface area contributed by atoms with Crippen LogP contribution in [0, 0.1) is 0 Å². The van der Waals surface area contributed by atoms with Crippen LogP contribution in [0.15, 0.2) is 29.2 Å². The largest absolute Gasteiger partial charge is 0.489 e. The minimum absolute atomic E-state index is 0.103. The second kappa shape index (κ2) is 7.79. The van der Waals surface area contributed by atoms with E-state index in [0.29, 0.717) is 18.8 Å². The highest BCUT2D eigenvalue weighted by Crippen LogP contribution is 2.44. The van der Waals surface area contributed by atoms with E-state index < -0.39 is 0 Å². The van der Waals surface area contributed by atoms with Crippen LogP contribution in [0.1, 0.15) is 41.8 Å². The van der Waals surface area contributed by atoms with Gasteiger partial charge in [-0.25, -0.2) is 9.48 Å². The van der Waals surface area contributed by atoms with Crippen molar-refractivity contribution in [3.8, 4) is 5.75 Å². The number of anilines is 2. The zero-order chi connectivity index (χ0) is 20.7. The molecule has 2 aliphatic heterocycles. The minimum atomic E-state index is -0.170. The number of thiophene rings is 1. The Labute approximate surface area is 178 Å². The predicted octanol–water partition coefficient (Wildman–Crippen LogP) is 3.03. The molecule has 0 radical (unpaired) electrons. The fraction of sp³-hybridized carbons (Fsp3) is 0.476. The molecule has 1 amide bonds. The maximum Gasteiger partial charge on any atom is 0.350 e. The molecule has 8 nitrogen and oxygen atoms in total. The van der Waals surface area contributed by atoms with Crippen LogP contribution in [0.2, 0.25) is 0 Å². The van der Waals surface area contributed by atoms with Crippen molar-refractivity contribution in [3.05, 3.63) is 39.8 Å². The van der Waals surface area contributed by atoms with Crippen LogP contribution in [0.3, 0.4) is 0 Å². The minimum Gasteiger partial charge on any atom is -0.489 e. The fourth-order valence-electron chi connectivity index (χ4n) is 4.20. The molecule has 0 bridgehead atoms. The first-order valence-electron chi connectivity index (χ1n) is 10.5. The topological polar surface area (TPSA) is 72.1 Å². The number of aryl methyl sites for hydroxylation is 1. The second-order valence-electron chi connectivity index (χ2n) is 7.86. The lowest BCUT2D eigenvalue weighted by Crippen LogP contribution is -2.33. The van der Waals surface area contributed by atoms with Gasteiger partial charge in [0.25, 0.3) is 5.91 Å². The van der Waals surface area contributed by atoms with Gasteiger partial charge in [0.1, 0.15) is 11.6 Å². The monoisotopic (exact) mass is 427 g/mol. The van der Waals surface area contributed by atoms with Gasteiger partial charge in [-0.15, -0.1) is 11.3 Å². The number of pyridine rings is 1. The van der Waals surface area contributed by atoms with E-state index in [9.17, 15) is 9.59 Å². The van der Waals surface area contributed by atoms with Gasteiger partial charge in [-0.3, -0.25) is 9.20 Å². The maximum atomic E-state index is 13.2. The Balaban J connectivity index is 1.45. The number of nitrogens with zero attached hydrogens (tertiary/aromatic N) is 5. The summed E-state index contributed by atoms with van der Waals surface area (Å²) in [6, 6.07) is 5.69. The number of hydrogen-bond donors (Lipinski definition) is 0. The van der Waals surface area contributed by atoms with Gasteiger partial charge in [0, 0.05) is 44.2 Å². The van der Waals surface area contributed by atoms with E-state index in [1.807, 2.05) is 23.1 Å². The normalized spacial score (nSPS) is 17.4. The van der Waals surface area contributed by atoms with E-state index in [4.69, 9.17) is 4.74 Å². The average molecular weight is 428 g/mol. The van der Waals surface area contributed by atoms with E-state index in [2.05, 4.69) is 10.00 Å². The summed E-state index contributed by atoms with van der Waals surface area (Å²) in [5.74, 6) is 0.853. The Kier molecular flexibility index (Phi) is 4.98. The molecule has 9 heteroatoms. The van der Waals surface area contributed by atoms with Gasteiger partial charge in [0.15, 0.2) is 11.4 Å². The summed E-state index contributed by atoms with van der Waals surface area (Å²) in [6.07, 6.45) is 7.55. The van der Waals surface area contributed by atoms with Crippen LogP contribution < -0.4 is 15.3 Å². The lowest BCUT2D eigenvalue weighted by Gasteiger charge is -2.28. The van der Waals surface area contributed by atoms with Crippen LogP contribution in [0.25, 0.3) is 5.65 Å². The number of aromatic nitrogens is 3. The molecule has 3 aromatic rings. The first-order chi connectivity index (χ1) is 14.6. The number of ether oxygens (including phenoxy) is 1. The van der Waals surface area contributed by atoms with Gasteiger partial charge in [-0.2, -0.15) is 5.10 Å². The molecule has 0 unspecified atom stereocenters. The highest BCUT2D eigenvalue weighted by molar-refractivity contribution is 7.18. The van der Waals surface area contributed by atoms with E-state index >= 15 is 0 Å². The third kappa shape index (κ3) is 3.36. The highest BCUT2D eigenvalue weighted by atomic mass is 32.1.